The van der Waals surface area contributed by atoms with Crippen LogP contribution in [-0.2, 0) is 0 Å². The van der Waals surface area contributed by atoms with Crippen LogP contribution in [0, 0.1) is 5.92 Å². The van der Waals surface area contributed by atoms with Gasteiger partial charge < -0.3 is 15.5 Å². The smallest absolute Gasteiger partial charge is 0.268 e. The molecule has 1 aromatic rings. The number of anilines is 1. The molecule has 2 N–H and O–H groups in total. The average Bonchev–Trinajstić information content (AvgIpc) is 2.65. The van der Waals surface area contributed by atoms with E-state index in [1.807, 2.05) is 11.9 Å². The number of nitrogens with two attached hydrogens (primary N) is 1. The molecular weight excluding hydrogens is 254 g/mol. The lowest BCUT2D eigenvalue weighted by Gasteiger charge is -2.35. The third-order valence-electron chi connectivity index (χ3n) is 4.56. The van der Waals surface area contributed by atoms with Crippen LogP contribution in [0.4, 0.5) is 5.82 Å². The number of amides is 1. The molecule has 0 spiro atoms. The van der Waals surface area contributed by atoms with Gasteiger partial charge in [-0.2, -0.15) is 0 Å². The van der Waals surface area contributed by atoms with E-state index in [0.717, 1.165) is 19.5 Å². The Balaban J connectivity index is 2.11. The molecule has 0 aliphatic carbocycles. The maximum Gasteiger partial charge on any atom is 0.268 e. The third-order valence-corrected chi connectivity index (χ3v) is 4.56. The fraction of sp³-hybridized carbons (Fsp3) is 0.643. The zero-order valence-corrected chi connectivity index (χ0v) is 12.6. The van der Waals surface area contributed by atoms with E-state index in [4.69, 9.17) is 5.73 Å². The van der Waals surface area contributed by atoms with Crippen LogP contribution in [0.3, 0.4) is 0 Å². The van der Waals surface area contributed by atoms with Crippen LogP contribution >= 0.6 is 0 Å². The van der Waals surface area contributed by atoms with E-state index in [2.05, 4.69) is 35.8 Å². The highest BCUT2D eigenvalue weighted by molar-refractivity contribution is 5.90. The zero-order chi connectivity index (χ0) is 14.9. The van der Waals surface area contributed by atoms with Crippen molar-refractivity contribution in [3.63, 3.8) is 0 Å². The first kappa shape index (κ1) is 14.7. The molecule has 0 bridgehead atoms. The van der Waals surface area contributed by atoms with Gasteiger partial charge in [0.15, 0.2) is 0 Å². The summed E-state index contributed by atoms with van der Waals surface area (Å²) in [4.78, 5) is 23.9. The van der Waals surface area contributed by atoms with Gasteiger partial charge in [0.25, 0.3) is 5.91 Å². The molecule has 1 atom stereocenters. The predicted octanol–water partition coefficient (Wildman–Crippen LogP) is 0.742. The fourth-order valence-electron chi connectivity index (χ4n) is 2.70. The monoisotopic (exact) mass is 277 g/mol. The van der Waals surface area contributed by atoms with Crippen molar-refractivity contribution in [2.24, 2.45) is 11.7 Å². The number of rotatable bonds is 4. The second kappa shape index (κ2) is 5.36. The Morgan fingerprint density at radius 1 is 1.55 bits per heavy atom. The summed E-state index contributed by atoms with van der Waals surface area (Å²) in [6, 6.07) is 0. The molecule has 20 heavy (non-hydrogen) atoms. The molecule has 6 heteroatoms. The van der Waals surface area contributed by atoms with Crippen LogP contribution in [0.15, 0.2) is 12.4 Å². The molecule has 1 aromatic heterocycles. The zero-order valence-electron chi connectivity index (χ0n) is 12.6. The largest absolute Gasteiger partial charge is 0.364 e. The Labute approximate surface area is 120 Å². The minimum absolute atomic E-state index is 0.170. The van der Waals surface area contributed by atoms with Crippen molar-refractivity contribution in [3.8, 4) is 0 Å². The number of primary amides is 1. The predicted molar refractivity (Wildman–Crippen MR) is 78.6 cm³/mol. The van der Waals surface area contributed by atoms with Gasteiger partial charge in [0.1, 0.15) is 11.5 Å². The fourth-order valence-corrected chi connectivity index (χ4v) is 2.70. The molecule has 1 unspecified atom stereocenters. The van der Waals surface area contributed by atoms with Crippen molar-refractivity contribution < 1.29 is 4.79 Å². The Bertz CT molecular complexity index is 502. The van der Waals surface area contributed by atoms with Gasteiger partial charge in [-0.25, -0.2) is 4.98 Å². The normalized spacial score (nSPS) is 21.9. The van der Waals surface area contributed by atoms with Crippen molar-refractivity contribution in [2.75, 3.05) is 32.1 Å². The van der Waals surface area contributed by atoms with E-state index in [0.29, 0.717) is 11.7 Å². The highest BCUT2D eigenvalue weighted by Crippen LogP contribution is 2.33. The van der Waals surface area contributed by atoms with Crippen LogP contribution in [0.1, 0.15) is 30.8 Å². The van der Waals surface area contributed by atoms with Crippen molar-refractivity contribution in [2.45, 2.75) is 25.8 Å². The Hall–Kier alpha value is -1.69. The van der Waals surface area contributed by atoms with Gasteiger partial charge in [0.05, 0.1) is 12.4 Å². The third kappa shape index (κ3) is 2.75. The van der Waals surface area contributed by atoms with Crippen molar-refractivity contribution in [1.82, 2.24) is 14.9 Å². The van der Waals surface area contributed by atoms with Crippen LogP contribution < -0.4 is 10.6 Å². The SMILES string of the molecule is CN(CC1CCN(C)C1(C)C)c1cncc(C(N)=O)n1. The Morgan fingerprint density at radius 3 is 2.80 bits per heavy atom. The maximum atomic E-state index is 11.2. The Kier molecular flexibility index (Phi) is 3.94. The number of aromatic nitrogens is 2. The van der Waals surface area contributed by atoms with E-state index in [1.165, 1.54) is 6.20 Å². The summed E-state index contributed by atoms with van der Waals surface area (Å²) in [5, 5.41) is 0. The summed E-state index contributed by atoms with van der Waals surface area (Å²) >= 11 is 0. The van der Waals surface area contributed by atoms with Crippen LogP contribution in [-0.4, -0.2) is 53.5 Å². The second-order valence-corrected chi connectivity index (χ2v) is 6.07. The van der Waals surface area contributed by atoms with Gasteiger partial charge in [-0.05, 0) is 39.8 Å². The lowest BCUT2D eigenvalue weighted by atomic mass is 9.88. The van der Waals surface area contributed by atoms with Gasteiger partial charge in [-0.3, -0.25) is 9.78 Å². The summed E-state index contributed by atoms with van der Waals surface area (Å²) in [6.45, 7) is 6.53. The highest BCUT2D eigenvalue weighted by atomic mass is 16.1. The second-order valence-electron chi connectivity index (χ2n) is 6.07. The summed E-state index contributed by atoms with van der Waals surface area (Å²) < 4.78 is 0. The first-order valence-corrected chi connectivity index (χ1v) is 6.86. The molecule has 2 rings (SSSR count). The topological polar surface area (TPSA) is 75.3 Å². The van der Waals surface area contributed by atoms with Crippen LogP contribution in [0.5, 0.6) is 0 Å². The number of hydrogen-bond donors (Lipinski definition) is 1. The molecule has 1 saturated heterocycles. The molecule has 0 aromatic carbocycles. The van der Waals surface area contributed by atoms with Crippen molar-refractivity contribution in [1.29, 1.82) is 0 Å². The first-order chi connectivity index (χ1) is 9.32. The molecule has 0 radical (unpaired) electrons. The van der Waals surface area contributed by atoms with E-state index >= 15 is 0 Å². The van der Waals surface area contributed by atoms with Crippen molar-refractivity contribution >= 4 is 11.7 Å². The van der Waals surface area contributed by atoms with Crippen LogP contribution in [0.2, 0.25) is 0 Å². The van der Waals surface area contributed by atoms with E-state index in [9.17, 15) is 4.79 Å². The average molecular weight is 277 g/mol. The van der Waals surface area contributed by atoms with Crippen molar-refractivity contribution in [3.05, 3.63) is 18.1 Å². The highest BCUT2D eigenvalue weighted by Gasteiger charge is 2.39. The lowest BCUT2D eigenvalue weighted by Crippen LogP contribution is -2.43. The van der Waals surface area contributed by atoms with Gasteiger partial charge >= 0.3 is 0 Å². The lowest BCUT2D eigenvalue weighted by molar-refractivity contribution is 0.0995. The number of nitrogens with zero attached hydrogens (tertiary/aromatic N) is 4. The molecule has 6 nitrogen and oxygen atoms in total. The molecule has 1 fully saturated rings. The molecule has 110 valence electrons. The van der Waals surface area contributed by atoms with E-state index in [-0.39, 0.29) is 11.2 Å². The number of carbonyl (C=O) groups excluding carboxylic acids is 1. The summed E-state index contributed by atoms with van der Waals surface area (Å²) in [5.74, 6) is 0.692. The quantitative estimate of drug-likeness (QED) is 0.878. The molecule has 1 amide bonds. The minimum atomic E-state index is -0.548. The van der Waals surface area contributed by atoms with Gasteiger partial charge in [-0.15, -0.1) is 0 Å². The van der Waals surface area contributed by atoms with Gasteiger partial charge in [0.2, 0.25) is 0 Å². The first-order valence-electron chi connectivity index (χ1n) is 6.86. The summed E-state index contributed by atoms with van der Waals surface area (Å²) in [7, 11) is 4.14. The number of carbonyl (C=O) groups is 1. The molecule has 1 aliphatic rings. The molecule has 0 saturated carbocycles. The molecular formula is C14H23N5O. The maximum absolute atomic E-state index is 11.2. The summed E-state index contributed by atoms with van der Waals surface area (Å²) in [5.41, 5.74) is 5.62. The molecule has 1 aliphatic heterocycles. The van der Waals surface area contributed by atoms with Gasteiger partial charge in [0, 0.05) is 19.1 Å². The van der Waals surface area contributed by atoms with Gasteiger partial charge in [-0.1, -0.05) is 0 Å². The van der Waals surface area contributed by atoms with E-state index < -0.39 is 5.91 Å². The number of likely N-dealkylation sites (tertiary alicyclic amines) is 1. The Morgan fingerprint density at radius 2 is 2.25 bits per heavy atom. The number of hydrogen-bond acceptors (Lipinski definition) is 5. The summed E-state index contributed by atoms with van der Waals surface area (Å²) in [6.07, 6.45) is 4.22. The molecule has 2 heterocycles. The minimum Gasteiger partial charge on any atom is -0.364 e. The standard InChI is InChI=1S/C14H23N5O/c1-14(2)10(5-6-19(14)4)9-18(3)12-8-16-7-11(17-12)13(15)20/h7-8,10H,5-6,9H2,1-4H3,(H2,15,20). The van der Waals surface area contributed by atoms with Crippen LogP contribution in [0.25, 0.3) is 0 Å². The van der Waals surface area contributed by atoms with E-state index in [1.54, 1.807) is 6.20 Å².